The molecule has 80 valence electrons. The zero-order valence-corrected chi connectivity index (χ0v) is 9.52. The Labute approximate surface area is 94.3 Å². The van der Waals surface area contributed by atoms with E-state index in [9.17, 15) is 0 Å². The van der Waals surface area contributed by atoms with Crippen LogP contribution in [0.3, 0.4) is 0 Å². The molecule has 3 rings (SSSR count). The highest BCUT2D eigenvalue weighted by atomic mass is 32.2. The number of thioether (sulfide) groups is 1. The molecule has 0 atom stereocenters. The first kappa shape index (κ1) is 9.48. The van der Waals surface area contributed by atoms with Crippen molar-refractivity contribution in [3.63, 3.8) is 0 Å². The number of nitrogens with zero attached hydrogens (tertiary/aromatic N) is 2. The molecule has 0 aromatic carbocycles. The molecule has 1 N–H and O–H groups in total. The Kier molecular flexibility index (Phi) is 2.54. The van der Waals surface area contributed by atoms with E-state index < -0.39 is 0 Å². The van der Waals surface area contributed by atoms with E-state index in [4.69, 9.17) is 4.98 Å². The smallest absolute Gasteiger partial charge is 0.128 e. The number of hydrogen-bond donors (Lipinski definition) is 1. The van der Waals surface area contributed by atoms with Crippen molar-refractivity contribution in [3.05, 3.63) is 23.4 Å². The van der Waals surface area contributed by atoms with Gasteiger partial charge in [-0.05, 0) is 11.6 Å². The van der Waals surface area contributed by atoms with Crippen molar-refractivity contribution >= 4 is 17.6 Å². The van der Waals surface area contributed by atoms with E-state index in [0.717, 1.165) is 43.5 Å². The van der Waals surface area contributed by atoms with Crippen molar-refractivity contribution in [3.8, 4) is 0 Å². The topological polar surface area (TPSA) is 28.2 Å². The third-order valence-electron chi connectivity index (χ3n) is 2.99. The second kappa shape index (κ2) is 4.02. The van der Waals surface area contributed by atoms with Crippen molar-refractivity contribution < 1.29 is 0 Å². The Balaban J connectivity index is 1.85. The summed E-state index contributed by atoms with van der Waals surface area (Å²) in [6, 6.07) is 4.43. The van der Waals surface area contributed by atoms with Gasteiger partial charge in [0.25, 0.3) is 0 Å². The SMILES string of the molecule is c1cc2c(nc1N1CCNCC1)CSC2. The van der Waals surface area contributed by atoms with E-state index in [-0.39, 0.29) is 0 Å². The molecule has 0 aliphatic carbocycles. The van der Waals surface area contributed by atoms with Gasteiger partial charge in [-0.25, -0.2) is 4.98 Å². The average Bonchev–Trinajstić information content (AvgIpc) is 2.77. The summed E-state index contributed by atoms with van der Waals surface area (Å²) in [4.78, 5) is 7.13. The fraction of sp³-hybridized carbons (Fsp3) is 0.545. The molecule has 3 heterocycles. The van der Waals surface area contributed by atoms with E-state index in [1.165, 1.54) is 11.3 Å². The molecule has 2 aliphatic heterocycles. The van der Waals surface area contributed by atoms with Crippen LogP contribution in [0.25, 0.3) is 0 Å². The highest BCUT2D eigenvalue weighted by Crippen LogP contribution is 2.29. The van der Waals surface area contributed by atoms with Crippen molar-refractivity contribution in [1.82, 2.24) is 10.3 Å². The molecular formula is C11H15N3S. The summed E-state index contributed by atoms with van der Waals surface area (Å²) in [6.45, 7) is 4.32. The lowest BCUT2D eigenvalue weighted by Crippen LogP contribution is -2.43. The van der Waals surface area contributed by atoms with Gasteiger partial charge in [-0.15, -0.1) is 0 Å². The van der Waals surface area contributed by atoms with Crippen LogP contribution in [0.2, 0.25) is 0 Å². The van der Waals surface area contributed by atoms with E-state index in [2.05, 4.69) is 22.3 Å². The largest absolute Gasteiger partial charge is 0.354 e. The fourth-order valence-corrected chi connectivity index (χ4v) is 3.13. The maximum absolute atomic E-state index is 4.75. The van der Waals surface area contributed by atoms with Crippen LogP contribution in [0.1, 0.15) is 11.3 Å². The van der Waals surface area contributed by atoms with Crippen molar-refractivity contribution in [2.75, 3.05) is 31.1 Å². The summed E-state index contributed by atoms with van der Waals surface area (Å²) in [5.74, 6) is 3.40. The summed E-state index contributed by atoms with van der Waals surface area (Å²) >= 11 is 1.96. The average molecular weight is 221 g/mol. The van der Waals surface area contributed by atoms with Gasteiger partial charge >= 0.3 is 0 Å². The van der Waals surface area contributed by atoms with Gasteiger partial charge in [0.15, 0.2) is 0 Å². The molecule has 15 heavy (non-hydrogen) atoms. The third-order valence-corrected chi connectivity index (χ3v) is 3.98. The Bertz CT molecular complexity index is 361. The lowest BCUT2D eigenvalue weighted by molar-refractivity contribution is 0.584. The van der Waals surface area contributed by atoms with Crippen LogP contribution in [0.5, 0.6) is 0 Å². The van der Waals surface area contributed by atoms with Gasteiger partial charge in [0.1, 0.15) is 5.82 Å². The Morgan fingerprint density at radius 1 is 1.20 bits per heavy atom. The molecule has 1 fully saturated rings. The molecular weight excluding hydrogens is 206 g/mol. The first-order valence-electron chi connectivity index (χ1n) is 5.46. The molecule has 3 nitrogen and oxygen atoms in total. The predicted molar refractivity (Wildman–Crippen MR) is 64.3 cm³/mol. The van der Waals surface area contributed by atoms with Gasteiger partial charge in [-0.1, -0.05) is 6.07 Å². The molecule has 1 aromatic heterocycles. The zero-order chi connectivity index (χ0) is 10.1. The normalized spacial score (nSPS) is 20.4. The van der Waals surface area contributed by atoms with Gasteiger partial charge in [0.05, 0.1) is 5.69 Å². The number of nitrogens with one attached hydrogen (secondary N) is 1. The molecule has 0 unspecified atom stereocenters. The van der Waals surface area contributed by atoms with Crippen LogP contribution < -0.4 is 10.2 Å². The maximum atomic E-state index is 4.75. The van der Waals surface area contributed by atoms with E-state index >= 15 is 0 Å². The molecule has 1 aromatic rings. The second-order valence-corrected chi connectivity index (χ2v) is 4.99. The van der Waals surface area contributed by atoms with E-state index in [1.807, 2.05) is 11.8 Å². The van der Waals surface area contributed by atoms with Crippen molar-refractivity contribution in [1.29, 1.82) is 0 Å². The third kappa shape index (κ3) is 1.84. The Hall–Kier alpha value is -0.740. The Morgan fingerprint density at radius 3 is 2.93 bits per heavy atom. The number of pyridine rings is 1. The molecule has 0 bridgehead atoms. The number of rotatable bonds is 1. The predicted octanol–water partition coefficient (Wildman–Crippen LogP) is 1.24. The first-order chi connectivity index (χ1) is 7.43. The van der Waals surface area contributed by atoms with E-state index in [1.54, 1.807) is 0 Å². The molecule has 4 heteroatoms. The lowest BCUT2D eigenvalue weighted by Gasteiger charge is -2.28. The minimum absolute atomic E-state index is 1.08. The standard InChI is InChI=1S/C11H15N3S/c1-2-11(14-5-3-12-4-6-14)13-10-8-15-7-9(1)10/h1-2,12H,3-8H2. The van der Waals surface area contributed by atoms with Crippen LogP contribution in [-0.2, 0) is 11.5 Å². The lowest BCUT2D eigenvalue weighted by atomic mass is 10.2. The Morgan fingerprint density at radius 2 is 2.07 bits per heavy atom. The van der Waals surface area contributed by atoms with E-state index in [0.29, 0.717) is 0 Å². The van der Waals surface area contributed by atoms with Gasteiger partial charge in [0, 0.05) is 37.7 Å². The van der Waals surface area contributed by atoms with Gasteiger partial charge in [0.2, 0.25) is 0 Å². The minimum Gasteiger partial charge on any atom is -0.354 e. The molecule has 1 saturated heterocycles. The van der Waals surface area contributed by atoms with Crippen molar-refractivity contribution in [2.45, 2.75) is 11.5 Å². The van der Waals surface area contributed by atoms with Crippen LogP contribution >= 0.6 is 11.8 Å². The monoisotopic (exact) mass is 221 g/mol. The number of hydrogen-bond acceptors (Lipinski definition) is 4. The number of piperazine rings is 1. The molecule has 0 spiro atoms. The fourth-order valence-electron chi connectivity index (χ4n) is 2.10. The summed E-state index contributed by atoms with van der Waals surface area (Å²) in [5.41, 5.74) is 2.73. The van der Waals surface area contributed by atoms with Crippen LogP contribution in [0.4, 0.5) is 5.82 Å². The van der Waals surface area contributed by atoms with Crippen LogP contribution in [-0.4, -0.2) is 31.2 Å². The molecule has 0 amide bonds. The number of fused-ring (bicyclic) bond motifs is 1. The molecule has 2 aliphatic rings. The van der Waals surface area contributed by atoms with Crippen LogP contribution in [0.15, 0.2) is 12.1 Å². The minimum atomic E-state index is 1.08. The first-order valence-corrected chi connectivity index (χ1v) is 6.61. The quantitative estimate of drug-likeness (QED) is 0.772. The highest BCUT2D eigenvalue weighted by molar-refractivity contribution is 7.98. The van der Waals surface area contributed by atoms with Crippen LogP contribution in [0, 0.1) is 0 Å². The van der Waals surface area contributed by atoms with Gasteiger partial charge in [-0.2, -0.15) is 11.8 Å². The second-order valence-electron chi connectivity index (χ2n) is 4.01. The zero-order valence-electron chi connectivity index (χ0n) is 8.70. The number of anilines is 1. The van der Waals surface area contributed by atoms with Gasteiger partial charge < -0.3 is 10.2 Å². The summed E-state index contributed by atoms with van der Waals surface area (Å²) in [5, 5.41) is 3.36. The summed E-state index contributed by atoms with van der Waals surface area (Å²) in [6.07, 6.45) is 0. The summed E-state index contributed by atoms with van der Waals surface area (Å²) < 4.78 is 0. The highest BCUT2D eigenvalue weighted by Gasteiger charge is 2.16. The molecule has 0 radical (unpaired) electrons. The van der Waals surface area contributed by atoms with Crippen molar-refractivity contribution in [2.24, 2.45) is 0 Å². The maximum Gasteiger partial charge on any atom is 0.128 e. The summed E-state index contributed by atoms with van der Waals surface area (Å²) in [7, 11) is 0. The number of aromatic nitrogens is 1. The van der Waals surface area contributed by atoms with Gasteiger partial charge in [-0.3, -0.25) is 0 Å². The molecule has 0 saturated carbocycles.